The highest BCUT2D eigenvalue weighted by atomic mass is 19.1. The van der Waals surface area contributed by atoms with E-state index in [0.717, 1.165) is 66.8 Å². The van der Waals surface area contributed by atoms with Crippen molar-refractivity contribution in [1.29, 1.82) is 0 Å². The van der Waals surface area contributed by atoms with Crippen LogP contribution in [0.5, 0.6) is 0 Å². The number of hydrogen-bond donors (Lipinski definition) is 1. The first-order valence-corrected chi connectivity index (χ1v) is 11.7. The number of nitrogens with one attached hydrogen (secondary N) is 1. The molecule has 0 bridgehead atoms. The van der Waals surface area contributed by atoms with Gasteiger partial charge >= 0.3 is 0 Å². The Morgan fingerprint density at radius 3 is 2.58 bits per heavy atom. The first kappa shape index (κ1) is 20.5. The van der Waals surface area contributed by atoms with Crippen LogP contribution >= 0.6 is 0 Å². The van der Waals surface area contributed by atoms with E-state index in [-0.39, 0.29) is 5.82 Å². The molecule has 33 heavy (non-hydrogen) atoms. The van der Waals surface area contributed by atoms with Gasteiger partial charge in [-0.2, -0.15) is 0 Å². The van der Waals surface area contributed by atoms with Gasteiger partial charge in [0.15, 0.2) is 5.82 Å². The fourth-order valence-corrected chi connectivity index (χ4v) is 5.37. The average Bonchev–Trinajstić information content (AvgIpc) is 3.23. The van der Waals surface area contributed by atoms with E-state index < -0.39 is 0 Å². The average molecular weight is 446 g/mol. The quantitative estimate of drug-likeness (QED) is 0.521. The predicted octanol–water partition coefficient (Wildman–Crippen LogP) is 3.53. The van der Waals surface area contributed by atoms with Gasteiger partial charge in [-0.15, -0.1) is 0 Å². The van der Waals surface area contributed by atoms with Gasteiger partial charge in [-0.25, -0.2) is 9.37 Å². The Hall–Kier alpha value is -3.10. The highest BCUT2D eigenvalue weighted by molar-refractivity contribution is 6.12. The Bertz CT molecular complexity index is 1270. The Morgan fingerprint density at radius 1 is 1.00 bits per heavy atom. The topological polar surface area (TPSA) is 64.2 Å². The summed E-state index contributed by atoms with van der Waals surface area (Å²) in [6.45, 7) is 5.87. The molecule has 6 heterocycles. The van der Waals surface area contributed by atoms with E-state index in [1.165, 1.54) is 19.0 Å². The van der Waals surface area contributed by atoms with E-state index in [0.29, 0.717) is 17.4 Å². The zero-order chi connectivity index (χ0) is 22.4. The maximum atomic E-state index is 15.3. The number of piperazine rings is 1. The molecule has 170 valence electrons. The fourth-order valence-electron chi connectivity index (χ4n) is 5.37. The largest absolute Gasteiger partial charge is 0.366 e. The molecule has 0 saturated carbocycles. The van der Waals surface area contributed by atoms with Crippen LogP contribution in [0, 0.1) is 5.82 Å². The summed E-state index contributed by atoms with van der Waals surface area (Å²) in [5.74, 6) is -0.268. The van der Waals surface area contributed by atoms with Crippen molar-refractivity contribution in [3.63, 3.8) is 0 Å². The monoisotopic (exact) mass is 445 g/mol. The van der Waals surface area contributed by atoms with Crippen molar-refractivity contribution in [2.24, 2.45) is 0 Å². The van der Waals surface area contributed by atoms with Crippen LogP contribution in [0.2, 0.25) is 0 Å². The molecule has 0 amide bonds. The van der Waals surface area contributed by atoms with Crippen molar-refractivity contribution in [2.75, 3.05) is 51.2 Å². The third-order valence-corrected chi connectivity index (χ3v) is 7.23. The first-order chi connectivity index (χ1) is 16.2. The Morgan fingerprint density at radius 2 is 1.82 bits per heavy atom. The summed E-state index contributed by atoms with van der Waals surface area (Å²) in [5, 5.41) is 1.78. The molecule has 0 radical (unpaired) electrons. The summed E-state index contributed by atoms with van der Waals surface area (Å²) < 4.78 is 15.3. The minimum Gasteiger partial charge on any atom is -0.366 e. The Labute approximate surface area is 192 Å². The van der Waals surface area contributed by atoms with E-state index in [2.05, 4.69) is 41.7 Å². The number of rotatable bonds is 3. The van der Waals surface area contributed by atoms with Crippen LogP contribution in [-0.2, 0) is 0 Å². The number of hydrogen-bond acceptors (Lipinski definition) is 6. The number of aromatic amines is 1. The normalized spacial score (nSPS) is 19.0. The lowest BCUT2D eigenvalue weighted by Gasteiger charge is -2.43. The van der Waals surface area contributed by atoms with E-state index >= 15 is 4.39 Å². The molecule has 2 fully saturated rings. The number of anilines is 1. The minimum absolute atomic E-state index is 0.268. The number of H-pyrrole nitrogens is 1. The molecule has 2 saturated heterocycles. The van der Waals surface area contributed by atoms with Crippen LogP contribution in [0.25, 0.3) is 33.2 Å². The molecule has 6 rings (SSSR count). The standard InChI is InChI=1S/C25H28FN7/c1-31-7-4-18(5-8-31)32-9-11-33(12-10-32)24-20(26)15-29-25-23(24)19-13-21(28-16-22(19)30-25)17-3-2-6-27-14-17/h2-3,6,13-16,18H,4-5,7-12H2,1H3,(H,29,30). The number of piperidine rings is 1. The summed E-state index contributed by atoms with van der Waals surface area (Å²) in [4.78, 5) is 23.7. The molecular weight excluding hydrogens is 417 g/mol. The smallest absolute Gasteiger partial charge is 0.165 e. The zero-order valence-electron chi connectivity index (χ0n) is 18.8. The lowest BCUT2D eigenvalue weighted by atomic mass is 10.0. The van der Waals surface area contributed by atoms with Crippen molar-refractivity contribution in [2.45, 2.75) is 18.9 Å². The lowest BCUT2D eigenvalue weighted by molar-refractivity contribution is 0.115. The summed E-state index contributed by atoms with van der Waals surface area (Å²) in [6.07, 6.45) is 9.13. The van der Waals surface area contributed by atoms with Crippen molar-refractivity contribution in [3.05, 3.63) is 48.8 Å². The van der Waals surface area contributed by atoms with Gasteiger partial charge in [-0.1, -0.05) is 0 Å². The van der Waals surface area contributed by atoms with Crippen LogP contribution in [-0.4, -0.2) is 82.1 Å². The second-order valence-electron chi connectivity index (χ2n) is 9.22. The molecule has 0 unspecified atom stereocenters. The van der Waals surface area contributed by atoms with Gasteiger partial charge in [0, 0.05) is 55.6 Å². The molecular formula is C25H28FN7. The second kappa shape index (κ2) is 8.35. The van der Waals surface area contributed by atoms with Crippen LogP contribution in [0.3, 0.4) is 0 Å². The van der Waals surface area contributed by atoms with E-state index in [1.807, 2.05) is 18.2 Å². The Balaban J connectivity index is 1.34. The van der Waals surface area contributed by atoms with Crippen LogP contribution < -0.4 is 4.90 Å². The minimum atomic E-state index is -0.268. The third-order valence-electron chi connectivity index (χ3n) is 7.23. The molecule has 0 atom stereocenters. The van der Waals surface area contributed by atoms with Crippen molar-refractivity contribution in [3.8, 4) is 11.3 Å². The molecule has 7 nitrogen and oxygen atoms in total. The van der Waals surface area contributed by atoms with Crippen LogP contribution in [0.4, 0.5) is 10.1 Å². The van der Waals surface area contributed by atoms with E-state index in [1.54, 1.807) is 18.6 Å². The molecule has 4 aromatic rings. The molecule has 2 aliphatic rings. The van der Waals surface area contributed by atoms with Crippen LogP contribution in [0.15, 0.2) is 43.0 Å². The SMILES string of the molecule is CN1CCC(N2CCN(c3c(F)cnc4[nH]c5cnc(-c6cccnc6)cc5c34)CC2)CC1. The van der Waals surface area contributed by atoms with Crippen LogP contribution in [0.1, 0.15) is 12.8 Å². The number of pyridine rings is 3. The third kappa shape index (κ3) is 3.73. The highest BCUT2D eigenvalue weighted by Gasteiger charge is 2.29. The number of fused-ring (bicyclic) bond motifs is 3. The number of halogens is 1. The number of nitrogens with zero attached hydrogens (tertiary/aromatic N) is 6. The van der Waals surface area contributed by atoms with Gasteiger partial charge in [0.2, 0.25) is 0 Å². The maximum Gasteiger partial charge on any atom is 0.165 e. The fraction of sp³-hybridized carbons (Fsp3) is 0.400. The molecule has 0 aliphatic carbocycles. The second-order valence-corrected chi connectivity index (χ2v) is 9.22. The Kier molecular flexibility index (Phi) is 5.19. The molecule has 4 aromatic heterocycles. The highest BCUT2D eigenvalue weighted by Crippen LogP contribution is 2.36. The van der Waals surface area contributed by atoms with E-state index in [9.17, 15) is 0 Å². The summed E-state index contributed by atoms with van der Waals surface area (Å²) in [6, 6.07) is 6.54. The molecule has 2 aliphatic heterocycles. The zero-order valence-corrected chi connectivity index (χ0v) is 18.8. The summed E-state index contributed by atoms with van der Waals surface area (Å²) in [5.41, 5.74) is 3.97. The predicted molar refractivity (Wildman–Crippen MR) is 129 cm³/mol. The van der Waals surface area contributed by atoms with Crippen molar-refractivity contribution < 1.29 is 4.39 Å². The molecule has 0 aromatic carbocycles. The number of aromatic nitrogens is 4. The van der Waals surface area contributed by atoms with Crippen molar-refractivity contribution >= 4 is 27.6 Å². The van der Waals surface area contributed by atoms with Gasteiger partial charge in [-0.3, -0.25) is 14.9 Å². The molecule has 0 spiro atoms. The van der Waals surface area contributed by atoms with Gasteiger partial charge in [0.05, 0.1) is 34.7 Å². The lowest BCUT2D eigenvalue weighted by Crippen LogP contribution is -2.53. The van der Waals surface area contributed by atoms with Gasteiger partial charge in [0.1, 0.15) is 5.65 Å². The van der Waals surface area contributed by atoms with Gasteiger partial charge in [-0.05, 0) is 51.2 Å². The van der Waals surface area contributed by atoms with Gasteiger partial charge < -0.3 is 14.8 Å². The number of likely N-dealkylation sites (tertiary alicyclic amines) is 1. The molecule has 8 heteroatoms. The maximum absolute atomic E-state index is 15.3. The summed E-state index contributed by atoms with van der Waals surface area (Å²) >= 11 is 0. The van der Waals surface area contributed by atoms with E-state index in [4.69, 9.17) is 0 Å². The summed E-state index contributed by atoms with van der Waals surface area (Å²) in [7, 11) is 2.20. The van der Waals surface area contributed by atoms with Gasteiger partial charge in [0.25, 0.3) is 0 Å². The molecule has 1 N–H and O–H groups in total. The first-order valence-electron chi connectivity index (χ1n) is 11.7. The van der Waals surface area contributed by atoms with Crippen molar-refractivity contribution in [1.82, 2.24) is 29.7 Å².